The molecule has 0 aliphatic carbocycles. The lowest BCUT2D eigenvalue weighted by molar-refractivity contribution is -0.129. The van der Waals surface area contributed by atoms with Crippen LogP contribution in [0.1, 0.15) is 17.5 Å². The Labute approximate surface area is 162 Å². The van der Waals surface area contributed by atoms with Gasteiger partial charge in [0.1, 0.15) is 18.8 Å². The summed E-state index contributed by atoms with van der Waals surface area (Å²) < 4.78 is 5.70. The van der Waals surface area contributed by atoms with Crippen LogP contribution in [0.25, 0.3) is 0 Å². The molecule has 0 aliphatic heterocycles. The molecule has 0 saturated heterocycles. The molecule has 0 saturated carbocycles. The fourth-order valence-corrected chi connectivity index (χ4v) is 2.14. The Morgan fingerprint density at radius 1 is 1.07 bits per heavy atom. The highest BCUT2D eigenvalue weighted by Crippen LogP contribution is 2.15. The lowest BCUT2D eigenvalue weighted by Crippen LogP contribution is -2.29. The van der Waals surface area contributed by atoms with Gasteiger partial charge in [-0.05, 0) is 47.5 Å². The number of hydrogen-bond acceptors (Lipinski definition) is 4. The monoisotopic (exact) mass is 385 g/mol. The molecule has 0 atom stereocenters. The molecular weight excluding hydrogens is 366 g/mol. The highest BCUT2D eigenvalue weighted by atomic mass is 35.5. The maximum Gasteiger partial charge on any atom is 0.249 e. The molecule has 0 unspecified atom stereocenters. The van der Waals surface area contributed by atoms with Crippen molar-refractivity contribution < 1.29 is 14.3 Å². The number of hydrazone groups is 1. The SMILES string of the molecule is C=CCNC(=O)CC(=O)N/N=C/c1ccc(OCc2ccc(Cl)cc2)cc1. The average Bonchev–Trinajstić information content (AvgIpc) is 2.67. The molecule has 2 N–H and O–H groups in total. The van der Waals surface area contributed by atoms with Gasteiger partial charge < -0.3 is 10.1 Å². The standard InChI is InChI=1S/C20H20ClN3O3/c1-2-11-22-19(25)12-20(26)24-23-13-15-5-9-18(10-6-15)27-14-16-3-7-17(21)8-4-16/h2-10,13H,1,11-12,14H2,(H,22,25)(H,24,26)/b23-13+. The Bertz CT molecular complexity index is 802. The van der Waals surface area contributed by atoms with Gasteiger partial charge in [0.05, 0.1) is 6.21 Å². The van der Waals surface area contributed by atoms with Crippen molar-refractivity contribution in [3.8, 4) is 5.75 Å². The summed E-state index contributed by atoms with van der Waals surface area (Å²) in [5.41, 5.74) is 4.11. The van der Waals surface area contributed by atoms with Crippen LogP contribution in [-0.4, -0.2) is 24.6 Å². The van der Waals surface area contributed by atoms with Crippen molar-refractivity contribution in [2.45, 2.75) is 13.0 Å². The second kappa shape index (κ2) is 10.8. The third-order valence-electron chi connectivity index (χ3n) is 3.37. The van der Waals surface area contributed by atoms with E-state index in [4.69, 9.17) is 16.3 Å². The molecule has 0 aliphatic rings. The van der Waals surface area contributed by atoms with Gasteiger partial charge in [-0.3, -0.25) is 9.59 Å². The summed E-state index contributed by atoms with van der Waals surface area (Å²) in [6.07, 6.45) is 2.74. The van der Waals surface area contributed by atoms with E-state index in [1.807, 2.05) is 48.5 Å². The number of nitrogens with one attached hydrogen (secondary N) is 2. The quantitative estimate of drug-likeness (QED) is 0.301. The Hall–Kier alpha value is -3.12. The summed E-state index contributed by atoms with van der Waals surface area (Å²) in [7, 11) is 0. The molecule has 2 aromatic rings. The van der Waals surface area contributed by atoms with Gasteiger partial charge in [-0.25, -0.2) is 5.43 Å². The fourth-order valence-electron chi connectivity index (χ4n) is 2.01. The summed E-state index contributed by atoms with van der Waals surface area (Å²) in [6.45, 7) is 4.24. The molecule has 27 heavy (non-hydrogen) atoms. The highest BCUT2D eigenvalue weighted by Gasteiger charge is 2.06. The summed E-state index contributed by atoms with van der Waals surface area (Å²) >= 11 is 5.85. The Morgan fingerprint density at radius 3 is 2.44 bits per heavy atom. The Morgan fingerprint density at radius 2 is 1.78 bits per heavy atom. The summed E-state index contributed by atoms with van der Waals surface area (Å²) in [4.78, 5) is 22.9. The van der Waals surface area contributed by atoms with Crippen molar-refractivity contribution in [3.05, 3.63) is 77.3 Å². The van der Waals surface area contributed by atoms with E-state index in [9.17, 15) is 9.59 Å². The van der Waals surface area contributed by atoms with E-state index in [2.05, 4.69) is 22.4 Å². The number of ether oxygens (including phenoxy) is 1. The van der Waals surface area contributed by atoms with Crippen LogP contribution in [0.3, 0.4) is 0 Å². The van der Waals surface area contributed by atoms with E-state index in [0.29, 0.717) is 23.9 Å². The number of benzene rings is 2. The second-order valence-electron chi connectivity index (χ2n) is 5.55. The fraction of sp³-hybridized carbons (Fsp3) is 0.150. The lowest BCUT2D eigenvalue weighted by Gasteiger charge is -2.06. The minimum atomic E-state index is -0.490. The number of carbonyl (C=O) groups excluding carboxylic acids is 2. The average molecular weight is 386 g/mol. The molecule has 7 heteroatoms. The van der Waals surface area contributed by atoms with Crippen molar-refractivity contribution in [3.63, 3.8) is 0 Å². The number of amides is 2. The van der Waals surface area contributed by atoms with Crippen molar-refractivity contribution in [1.29, 1.82) is 0 Å². The van der Waals surface area contributed by atoms with Gasteiger partial charge in [0.25, 0.3) is 0 Å². The van der Waals surface area contributed by atoms with Crippen LogP contribution in [0.5, 0.6) is 5.75 Å². The molecule has 0 bridgehead atoms. The van der Waals surface area contributed by atoms with E-state index in [1.54, 1.807) is 0 Å². The van der Waals surface area contributed by atoms with E-state index >= 15 is 0 Å². The van der Waals surface area contributed by atoms with E-state index in [0.717, 1.165) is 11.1 Å². The van der Waals surface area contributed by atoms with Crippen LogP contribution < -0.4 is 15.5 Å². The van der Waals surface area contributed by atoms with Gasteiger partial charge in [0, 0.05) is 11.6 Å². The van der Waals surface area contributed by atoms with Crippen LogP contribution in [0.2, 0.25) is 5.02 Å². The van der Waals surface area contributed by atoms with Crippen molar-refractivity contribution in [2.75, 3.05) is 6.54 Å². The van der Waals surface area contributed by atoms with Gasteiger partial charge in [-0.2, -0.15) is 5.10 Å². The molecule has 2 rings (SSSR count). The molecule has 0 fully saturated rings. The van der Waals surface area contributed by atoms with E-state index in [1.165, 1.54) is 12.3 Å². The van der Waals surface area contributed by atoms with E-state index in [-0.39, 0.29) is 12.3 Å². The van der Waals surface area contributed by atoms with Gasteiger partial charge in [0.2, 0.25) is 11.8 Å². The minimum absolute atomic E-state index is 0.289. The first-order valence-electron chi connectivity index (χ1n) is 8.23. The molecular formula is C20H20ClN3O3. The van der Waals surface area contributed by atoms with Crippen LogP contribution in [0.4, 0.5) is 0 Å². The van der Waals surface area contributed by atoms with Crippen molar-refractivity contribution in [1.82, 2.24) is 10.7 Å². The second-order valence-corrected chi connectivity index (χ2v) is 5.98. The smallest absolute Gasteiger partial charge is 0.249 e. The lowest BCUT2D eigenvalue weighted by atomic mass is 10.2. The summed E-state index contributed by atoms with van der Waals surface area (Å²) in [5, 5.41) is 7.03. The molecule has 0 heterocycles. The van der Waals surface area contributed by atoms with Crippen LogP contribution >= 0.6 is 11.6 Å². The first-order valence-corrected chi connectivity index (χ1v) is 8.61. The number of carbonyl (C=O) groups is 2. The number of hydrogen-bond donors (Lipinski definition) is 2. The third-order valence-corrected chi connectivity index (χ3v) is 3.62. The molecule has 6 nitrogen and oxygen atoms in total. The summed E-state index contributed by atoms with van der Waals surface area (Å²) in [5.74, 6) is -0.162. The largest absolute Gasteiger partial charge is 0.489 e. The predicted octanol–water partition coefficient (Wildman–Crippen LogP) is 3.06. The van der Waals surface area contributed by atoms with Crippen molar-refractivity contribution in [2.24, 2.45) is 5.10 Å². The van der Waals surface area contributed by atoms with Crippen molar-refractivity contribution >= 4 is 29.6 Å². The zero-order chi connectivity index (χ0) is 19.5. The molecule has 2 aromatic carbocycles. The first kappa shape index (κ1) is 20.2. The molecule has 140 valence electrons. The van der Waals surface area contributed by atoms with Crippen LogP contribution in [0, 0.1) is 0 Å². The number of halogens is 1. The summed E-state index contributed by atoms with van der Waals surface area (Å²) in [6, 6.07) is 14.7. The highest BCUT2D eigenvalue weighted by molar-refractivity contribution is 6.30. The maximum absolute atomic E-state index is 11.6. The van der Waals surface area contributed by atoms with Gasteiger partial charge >= 0.3 is 0 Å². The van der Waals surface area contributed by atoms with Gasteiger partial charge in [0.15, 0.2) is 0 Å². The zero-order valence-corrected chi connectivity index (χ0v) is 15.4. The van der Waals surface area contributed by atoms with Crippen LogP contribution in [-0.2, 0) is 16.2 Å². The van der Waals surface area contributed by atoms with Crippen LogP contribution in [0.15, 0.2) is 66.3 Å². The molecule has 0 spiro atoms. The minimum Gasteiger partial charge on any atom is -0.489 e. The van der Waals surface area contributed by atoms with Gasteiger partial charge in [-0.15, -0.1) is 6.58 Å². The number of rotatable bonds is 9. The predicted molar refractivity (Wildman–Crippen MR) is 106 cm³/mol. The maximum atomic E-state index is 11.6. The van der Waals surface area contributed by atoms with E-state index < -0.39 is 5.91 Å². The topological polar surface area (TPSA) is 79.8 Å². The molecule has 0 aromatic heterocycles. The zero-order valence-electron chi connectivity index (χ0n) is 14.7. The normalized spacial score (nSPS) is 10.4. The molecule has 2 amide bonds. The van der Waals surface area contributed by atoms with Gasteiger partial charge in [-0.1, -0.05) is 29.8 Å². The number of nitrogens with zero attached hydrogens (tertiary/aromatic N) is 1. The third kappa shape index (κ3) is 7.75. The molecule has 0 radical (unpaired) electrons. The Balaban J connectivity index is 1.76. The Kier molecular flexibility index (Phi) is 8.06. The first-order chi connectivity index (χ1) is 13.1.